The van der Waals surface area contributed by atoms with Crippen molar-refractivity contribution in [3.8, 4) is 5.75 Å². The van der Waals surface area contributed by atoms with Gasteiger partial charge in [0.15, 0.2) is 0 Å². The van der Waals surface area contributed by atoms with Crippen molar-refractivity contribution in [3.05, 3.63) is 24.3 Å². The molecule has 5 nitrogen and oxygen atoms in total. The van der Waals surface area contributed by atoms with Crippen LogP contribution in [0.15, 0.2) is 24.3 Å². The van der Waals surface area contributed by atoms with E-state index in [9.17, 15) is 4.79 Å². The number of anilines is 1. The highest BCUT2D eigenvalue weighted by atomic mass is 16.5. The number of ether oxygens (including phenoxy) is 2. The number of amides is 1. The van der Waals surface area contributed by atoms with Gasteiger partial charge in [0.25, 0.3) is 0 Å². The number of benzene rings is 1. The largest absolute Gasteiger partial charge is 0.495 e. The molecule has 0 bridgehead atoms. The summed E-state index contributed by atoms with van der Waals surface area (Å²) in [7, 11) is 1.54. The molecule has 1 rings (SSSR count). The molecule has 1 amide bonds. The summed E-state index contributed by atoms with van der Waals surface area (Å²) in [6.45, 7) is 3.71. The Morgan fingerprint density at radius 2 is 2.06 bits per heavy atom. The van der Waals surface area contributed by atoms with Gasteiger partial charge in [-0.3, -0.25) is 5.32 Å². The third-order valence-corrected chi connectivity index (χ3v) is 1.92. The fourth-order valence-corrected chi connectivity index (χ4v) is 1.15. The van der Waals surface area contributed by atoms with Gasteiger partial charge in [-0.25, -0.2) is 4.79 Å². The maximum absolute atomic E-state index is 11.5. The number of hydrogen-bond acceptors (Lipinski definition) is 4. The Morgan fingerprint density at radius 1 is 1.41 bits per heavy atom. The predicted molar refractivity (Wildman–Crippen MR) is 66.2 cm³/mol. The van der Waals surface area contributed by atoms with Crippen molar-refractivity contribution in [1.29, 1.82) is 0 Å². The second kappa shape index (κ2) is 5.54. The number of para-hydroxylation sites is 2. The van der Waals surface area contributed by atoms with Gasteiger partial charge < -0.3 is 15.2 Å². The predicted octanol–water partition coefficient (Wildman–Crippen LogP) is 1.98. The van der Waals surface area contributed by atoms with Crippen LogP contribution >= 0.6 is 0 Å². The summed E-state index contributed by atoms with van der Waals surface area (Å²) >= 11 is 0. The fraction of sp³-hybridized carbons (Fsp3) is 0.417. The molecule has 0 aliphatic rings. The molecule has 0 unspecified atom stereocenters. The Balaban J connectivity index is 2.56. The Labute approximate surface area is 101 Å². The zero-order chi connectivity index (χ0) is 12.9. The van der Waals surface area contributed by atoms with E-state index in [2.05, 4.69) is 5.32 Å². The first-order valence-electron chi connectivity index (χ1n) is 5.28. The van der Waals surface area contributed by atoms with Gasteiger partial charge in [0.05, 0.1) is 12.8 Å². The molecule has 17 heavy (non-hydrogen) atoms. The number of nitrogens with two attached hydrogens (primary N) is 1. The molecular weight excluding hydrogens is 220 g/mol. The summed E-state index contributed by atoms with van der Waals surface area (Å²) in [4.78, 5) is 11.5. The Bertz CT molecular complexity index is 386. The maximum atomic E-state index is 11.5. The van der Waals surface area contributed by atoms with Crippen LogP contribution < -0.4 is 15.8 Å². The minimum atomic E-state index is -0.548. The lowest BCUT2D eigenvalue weighted by Crippen LogP contribution is -2.38. The van der Waals surface area contributed by atoms with E-state index in [1.54, 1.807) is 32.0 Å². The maximum Gasteiger partial charge on any atom is 0.411 e. The Morgan fingerprint density at radius 3 is 2.65 bits per heavy atom. The first-order chi connectivity index (χ1) is 7.92. The van der Waals surface area contributed by atoms with Crippen LogP contribution in [0.1, 0.15) is 13.8 Å². The van der Waals surface area contributed by atoms with Gasteiger partial charge in [0.1, 0.15) is 12.4 Å². The third kappa shape index (κ3) is 4.74. The first kappa shape index (κ1) is 13.3. The van der Waals surface area contributed by atoms with Gasteiger partial charge in [-0.05, 0) is 26.0 Å². The molecule has 0 aromatic heterocycles. The van der Waals surface area contributed by atoms with Crippen LogP contribution in [-0.2, 0) is 4.74 Å². The van der Waals surface area contributed by atoms with Crippen LogP contribution in [0, 0.1) is 0 Å². The second-order valence-corrected chi connectivity index (χ2v) is 4.39. The van der Waals surface area contributed by atoms with E-state index >= 15 is 0 Å². The summed E-state index contributed by atoms with van der Waals surface area (Å²) in [6, 6.07) is 7.10. The molecule has 0 atom stereocenters. The van der Waals surface area contributed by atoms with E-state index < -0.39 is 11.6 Å². The molecule has 94 valence electrons. The summed E-state index contributed by atoms with van der Waals surface area (Å²) in [6.07, 6.45) is -0.548. The van der Waals surface area contributed by atoms with E-state index in [0.717, 1.165) is 0 Å². The van der Waals surface area contributed by atoms with Crippen molar-refractivity contribution in [3.63, 3.8) is 0 Å². The molecule has 0 saturated heterocycles. The SMILES string of the molecule is COc1ccccc1NC(=O)OCC(C)(C)N. The average molecular weight is 238 g/mol. The summed E-state index contributed by atoms with van der Waals surface area (Å²) in [5, 5.41) is 2.59. The molecule has 0 aliphatic carbocycles. The van der Waals surface area contributed by atoms with Crippen molar-refractivity contribution < 1.29 is 14.3 Å². The number of methoxy groups -OCH3 is 1. The third-order valence-electron chi connectivity index (χ3n) is 1.92. The lowest BCUT2D eigenvalue weighted by molar-refractivity contribution is 0.138. The minimum Gasteiger partial charge on any atom is -0.495 e. The van der Waals surface area contributed by atoms with Gasteiger partial charge >= 0.3 is 6.09 Å². The molecule has 0 fully saturated rings. The van der Waals surface area contributed by atoms with Crippen molar-refractivity contribution in [1.82, 2.24) is 0 Å². The average Bonchev–Trinajstić information content (AvgIpc) is 2.26. The number of rotatable bonds is 4. The lowest BCUT2D eigenvalue weighted by Gasteiger charge is -2.18. The van der Waals surface area contributed by atoms with Gasteiger partial charge in [0.2, 0.25) is 0 Å². The van der Waals surface area contributed by atoms with E-state index in [1.807, 2.05) is 6.07 Å². The molecule has 3 N–H and O–H groups in total. The molecule has 0 spiro atoms. The quantitative estimate of drug-likeness (QED) is 0.841. The molecule has 1 aromatic carbocycles. The van der Waals surface area contributed by atoms with E-state index in [0.29, 0.717) is 11.4 Å². The summed E-state index contributed by atoms with van der Waals surface area (Å²) < 4.78 is 10.1. The van der Waals surface area contributed by atoms with Crippen LogP contribution in [0.4, 0.5) is 10.5 Å². The lowest BCUT2D eigenvalue weighted by atomic mass is 10.1. The zero-order valence-electron chi connectivity index (χ0n) is 10.3. The highest BCUT2D eigenvalue weighted by molar-refractivity contribution is 5.86. The topological polar surface area (TPSA) is 73.6 Å². The van der Waals surface area contributed by atoms with E-state index in [4.69, 9.17) is 15.2 Å². The van der Waals surface area contributed by atoms with Crippen molar-refractivity contribution >= 4 is 11.8 Å². The Hall–Kier alpha value is -1.75. The van der Waals surface area contributed by atoms with Crippen molar-refractivity contribution in [2.75, 3.05) is 19.0 Å². The molecule has 0 heterocycles. The van der Waals surface area contributed by atoms with E-state index in [1.165, 1.54) is 7.11 Å². The number of hydrogen-bond donors (Lipinski definition) is 2. The van der Waals surface area contributed by atoms with Crippen molar-refractivity contribution in [2.24, 2.45) is 5.73 Å². The highest BCUT2D eigenvalue weighted by Gasteiger charge is 2.14. The number of carbonyl (C=O) groups is 1. The number of nitrogens with one attached hydrogen (secondary N) is 1. The standard InChI is InChI=1S/C12H18N2O3/c1-12(2,13)8-17-11(15)14-9-6-4-5-7-10(9)16-3/h4-7H,8,13H2,1-3H3,(H,14,15). The molecule has 0 radical (unpaired) electrons. The highest BCUT2D eigenvalue weighted by Crippen LogP contribution is 2.23. The van der Waals surface area contributed by atoms with Crippen LogP contribution in [0.5, 0.6) is 5.75 Å². The molecule has 1 aromatic rings. The monoisotopic (exact) mass is 238 g/mol. The van der Waals surface area contributed by atoms with Gasteiger partial charge in [-0.2, -0.15) is 0 Å². The van der Waals surface area contributed by atoms with E-state index in [-0.39, 0.29) is 6.61 Å². The van der Waals surface area contributed by atoms with Crippen molar-refractivity contribution in [2.45, 2.75) is 19.4 Å². The van der Waals surface area contributed by atoms with Crippen LogP contribution in [-0.4, -0.2) is 25.3 Å². The van der Waals surface area contributed by atoms with Crippen LogP contribution in [0.3, 0.4) is 0 Å². The minimum absolute atomic E-state index is 0.147. The van der Waals surface area contributed by atoms with Gasteiger partial charge in [0, 0.05) is 5.54 Å². The van der Waals surface area contributed by atoms with Crippen LogP contribution in [0.2, 0.25) is 0 Å². The normalized spacial score (nSPS) is 10.8. The molecule has 5 heteroatoms. The smallest absolute Gasteiger partial charge is 0.411 e. The second-order valence-electron chi connectivity index (χ2n) is 4.39. The van der Waals surface area contributed by atoms with Crippen LogP contribution in [0.25, 0.3) is 0 Å². The number of carbonyl (C=O) groups excluding carboxylic acids is 1. The molecular formula is C12H18N2O3. The summed E-state index contributed by atoms with van der Waals surface area (Å²) in [5.74, 6) is 0.580. The first-order valence-corrected chi connectivity index (χ1v) is 5.28. The summed E-state index contributed by atoms with van der Waals surface area (Å²) in [5.41, 5.74) is 5.72. The molecule has 0 aliphatic heterocycles. The zero-order valence-corrected chi connectivity index (χ0v) is 10.3. The van der Waals surface area contributed by atoms with Gasteiger partial charge in [-0.15, -0.1) is 0 Å². The Kier molecular flexibility index (Phi) is 4.34. The molecule has 0 saturated carbocycles. The fourth-order valence-electron chi connectivity index (χ4n) is 1.15. The van der Waals surface area contributed by atoms with Gasteiger partial charge in [-0.1, -0.05) is 12.1 Å².